The number of alkyl halides is 3. The van der Waals surface area contributed by atoms with E-state index in [0.29, 0.717) is 10.7 Å². The van der Waals surface area contributed by atoms with Gasteiger partial charge in [-0.15, -0.1) is 0 Å². The van der Waals surface area contributed by atoms with Crippen molar-refractivity contribution in [3.63, 3.8) is 0 Å². The molecular formula is C11H12ClF3N2O2. The number of ether oxygens (including phenoxy) is 1. The minimum absolute atomic E-state index is 0.268. The number of nitrogens with one attached hydrogen (secondary N) is 1. The van der Waals surface area contributed by atoms with Gasteiger partial charge in [0, 0.05) is 14.1 Å². The summed E-state index contributed by atoms with van der Waals surface area (Å²) in [5, 5.41) is 2.58. The van der Waals surface area contributed by atoms with Gasteiger partial charge in [0.25, 0.3) is 0 Å². The summed E-state index contributed by atoms with van der Waals surface area (Å²) < 4.78 is 39.7. The van der Waals surface area contributed by atoms with Gasteiger partial charge in [-0.05, 0) is 12.1 Å². The molecule has 1 N–H and O–H groups in total. The first-order chi connectivity index (χ1) is 8.70. The smallest absolute Gasteiger partial charge is 0.422 e. The first kappa shape index (κ1) is 15.4. The van der Waals surface area contributed by atoms with Gasteiger partial charge in [-0.25, -0.2) is 4.79 Å². The fourth-order valence-electron chi connectivity index (χ4n) is 1.36. The molecule has 1 amide bonds. The summed E-state index contributed by atoms with van der Waals surface area (Å²) in [6, 6.07) is 4.67. The maximum Gasteiger partial charge on any atom is 0.422 e. The fraction of sp³-hybridized carbons (Fsp3) is 0.364. The van der Waals surface area contributed by atoms with E-state index >= 15 is 0 Å². The average molecular weight is 297 g/mol. The van der Waals surface area contributed by atoms with E-state index in [0.717, 1.165) is 0 Å². The highest BCUT2D eigenvalue weighted by atomic mass is 35.5. The van der Waals surface area contributed by atoms with Gasteiger partial charge in [0.15, 0.2) is 6.61 Å². The van der Waals surface area contributed by atoms with E-state index in [4.69, 9.17) is 11.6 Å². The topological polar surface area (TPSA) is 41.6 Å². The number of hydrogen-bond donors (Lipinski definition) is 1. The van der Waals surface area contributed by atoms with Crippen LogP contribution in [-0.4, -0.2) is 33.0 Å². The molecular weight excluding hydrogens is 285 g/mol. The highest BCUT2D eigenvalue weighted by molar-refractivity contribution is 6.34. The molecule has 0 bridgehead atoms. The maximum atomic E-state index is 11.9. The Bertz CT molecular complexity index is 464. The molecule has 4 nitrogen and oxygen atoms in total. The molecule has 0 heterocycles. The summed E-state index contributed by atoms with van der Waals surface area (Å²) in [6.45, 7) is -1.64. The lowest BCUT2D eigenvalue weighted by Gasteiger charge is -2.19. The Kier molecular flexibility index (Phi) is 4.88. The van der Waals surface area contributed by atoms with Crippen molar-refractivity contribution in [2.45, 2.75) is 6.18 Å². The van der Waals surface area contributed by atoms with E-state index in [-0.39, 0.29) is 5.69 Å². The van der Waals surface area contributed by atoms with Crippen molar-refractivity contribution in [1.29, 1.82) is 0 Å². The normalized spacial score (nSPS) is 11.1. The van der Waals surface area contributed by atoms with Gasteiger partial charge in [-0.1, -0.05) is 17.7 Å². The van der Waals surface area contributed by atoms with Crippen LogP contribution in [0.1, 0.15) is 0 Å². The molecule has 19 heavy (non-hydrogen) atoms. The molecule has 1 aromatic rings. The SMILES string of the molecule is CN(C)c1c(Cl)cccc1NC(=O)OCC(F)(F)F. The number of benzene rings is 1. The molecule has 106 valence electrons. The average Bonchev–Trinajstić information content (AvgIpc) is 2.25. The maximum absolute atomic E-state index is 11.9. The number of hydrogen-bond acceptors (Lipinski definition) is 3. The highest BCUT2D eigenvalue weighted by Crippen LogP contribution is 2.32. The van der Waals surface area contributed by atoms with Crippen LogP contribution in [0.5, 0.6) is 0 Å². The summed E-state index contributed by atoms with van der Waals surface area (Å²) in [5.41, 5.74) is 0.748. The van der Waals surface area contributed by atoms with Crippen LogP contribution in [0.25, 0.3) is 0 Å². The van der Waals surface area contributed by atoms with Crippen LogP contribution in [-0.2, 0) is 4.74 Å². The molecule has 0 saturated heterocycles. The summed E-state index contributed by atoms with van der Waals surface area (Å²) in [5.74, 6) is 0. The van der Waals surface area contributed by atoms with Crippen molar-refractivity contribution in [3.05, 3.63) is 23.2 Å². The van der Waals surface area contributed by atoms with Crippen LogP contribution in [0.15, 0.2) is 18.2 Å². The monoisotopic (exact) mass is 296 g/mol. The molecule has 0 aromatic heterocycles. The predicted molar refractivity (Wildman–Crippen MR) is 66.8 cm³/mol. The van der Waals surface area contributed by atoms with E-state index < -0.39 is 18.9 Å². The Labute approximate surface area is 113 Å². The van der Waals surface area contributed by atoms with Crippen molar-refractivity contribution in [2.24, 2.45) is 0 Å². The van der Waals surface area contributed by atoms with Gasteiger partial charge in [-0.2, -0.15) is 13.2 Å². The number of para-hydroxylation sites is 1. The third-order valence-electron chi connectivity index (χ3n) is 2.04. The lowest BCUT2D eigenvalue weighted by Crippen LogP contribution is -2.24. The van der Waals surface area contributed by atoms with Gasteiger partial charge in [-0.3, -0.25) is 5.32 Å². The Morgan fingerprint density at radius 3 is 2.58 bits per heavy atom. The quantitative estimate of drug-likeness (QED) is 0.928. The molecule has 0 unspecified atom stereocenters. The Balaban J connectivity index is 2.77. The number of halogens is 4. The zero-order chi connectivity index (χ0) is 14.6. The second kappa shape index (κ2) is 6.01. The standard InChI is InChI=1S/C11H12ClF3N2O2/c1-17(2)9-7(12)4-3-5-8(9)16-10(18)19-6-11(13,14)15/h3-5H,6H2,1-2H3,(H,16,18). The molecule has 8 heteroatoms. The van der Waals surface area contributed by atoms with E-state index in [1.807, 2.05) is 0 Å². The summed E-state index contributed by atoms with van der Waals surface area (Å²) in [4.78, 5) is 12.9. The molecule has 0 spiro atoms. The Hall–Kier alpha value is -1.63. The lowest BCUT2D eigenvalue weighted by atomic mass is 10.2. The van der Waals surface area contributed by atoms with Crippen LogP contribution in [0.4, 0.5) is 29.3 Å². The van der Waals surface area contributed by atoms with Crippen molar-refractivity contribution in [2.75, 3.05) is 30.9 Å². The summed E-state index contributed by atoms with van der Waals surface area (Å²) in [7, 11) is 3.38. The molecule has 0 aliphatic carbocycles. The first-order valence-corrected chi connectivity index (χ1v) is 5.55. The number of carbonyl (C=O) groups excluding carboxylic acids is 1. The van der Waals surface area contributed by atoms with Gasteiger partial charge in [0.2, 0.25) is 0 Å². The second-order valence-corrected chi connectivity index (χ2v) is 4.25. The van der Waals surface area contributed by atoms with Crippen LogP contribution >= 0.6 is 11.6 Å². The van der Waals surface area contributed by atoms with E-state index in [2.05, 4.69) is 10.1 Å². The molecule has 1 rings (SSSR count). The minimum atomic E-state index is -4.56. The van der Waals surface area contributed by atoms with Crippen LogP contribution in [0.3, 0.4) is 0 Å². The minimum Gasteiger partial charge on any atom is -0.440 e. The number of carbonyl (C=O) groups is 1. The van der Waals surface area contributed by atoms with E-state index in [1.165, 1.54) is 6.07 Å². The number of nitrogens with zero attached hydrogens (tertiary/aromatic N) is 1. The highest BCUT2D eigenvalue weighted by Gasteiger charge is 2.29. The van der Waals surface area contributed by atoms with Crippen molar-refractivity contribution < 1.29 is 22.7 Å². The van der Waals surface area contributed by atoms with Gasteiger partial charge < -0.3 is 9.64 Å². The Morgan fingerprint density at radius 2 is 2.05 bits per heavy atom. The largest absolute Gasteiger partial charge is 0.440 e. The molecule has 1 aromatic carbocycles. The summed E-state index contributed by atoms with van der Waals surface area (Å²) >= 11 is 5.94. The van der Waals surface area contributed by atoms with Crippen molar-refractivity contribution in [1.82, 2.24) is 0 Å². The van der Waals surface area contributed by atoms with Crippen LogP contribution in [0.2, 0.25) is 5.02 Å². The third kappa shape index (κ3) is 4.86. The molecule has 0 radical (unpaired) electrons. The second-order valence-electron chi connectivity index (χ2n) is 3.85. The molecule has 0 fully saturated rings. The number of amides is 1. The third-order valence-corrected chi connectivity index (χ3v) is 2.34. The molecule has 0 saturated carbocycles. The van der Waals surface area contributed by atoms with Gasteiger partial charge >= 0.3 is 12.3 Å². The zero-order valence-electron chi connectivity index (χ0n) is 10.2. The van der Waals surface area contributed by atoms with Gasteiger partial charge in [0.1, 0.15) is 0 Å². The summed E-state index contributed by atoms with van der Waals surface area (Å²) in [6.07, 6.45) is -5.75. The predicted octanol–water partition coefficient (Wildman–Crippen LogP) is 3.52. The molecule has 0 atom stereocenters. The fourth-order valence-corrected chi connectivity index (χ4v) is 1.71. The van der Waals surface area contributed by atoms with Crippen LogP contribution < -0.4 is 10.2 Å². The van der Waals surface area contributed by atoms with Crippen molar-refractivity contribution >= 4 is 29.1 Å². The van der Waals surface area contributed by atoms with Gasteiger partial charge in [0.05, 0.1) is 16.4 Å². The molecule has 0 aliphatic heterocycles. The number of rotatable bonds is 3. The van der Waals surface area contributed by atoms with E-state index in [1.54, 1.807) is 31.1 Å². The molecule has 0 aliphatic rings. The number of anilines is 2. The Morgan fingerprint density at radius 1 is 1.42 bits per heavy atom. The van der Waals surface area contributed by atoms with Crippen molar-refractivity contribution in [3.8, 4) is 0 Å². The van der Waals surface area contributed by atoms with Crippen LogP contribution in [0, 0.1) is 0 Å². The lowest BCUT2D eigenvalue weighted by molar-refractivity contribution is -0.159. The first-order valence-electron chi connectivity index (χ1n) is 5.17. The van der Waals surface area contributed by atoms with E-state index in [9.17, 15) is 18.0 Å². The zero-order valence-corrected chi connectivity index (χ0v) is 11.0.